The Labute approximate surface area is 224 Å². The molecule has 1 atom stereocenters. The summed E-state index contributed by atoms with van der Waals surface area (Å²) in [7, 11) is -3.75. The van der Waals surface area contributed by atoms with E-state index in [9.17, 15) is 18.0 Å². The predicted molar refractivity (Wildman–Crippen MR) is 147 cm³/mol. The van der Waals surface area contributed by atoms with Gasteiger partial charge in [-0.1, -0.05) is 19.3 Å². The molecule has 2 aromatic carbocycles. The minimum atomic E-state index is -3.75. The third-order valence-corrected chi connectivity index (χ3v) is 7.34. The molecule has 206 valence electrons. The zero-order valence-corrected chi connectivity index (χ0v) is 22.9. The fraction of sp³-hybridized carbons (Fsp3) is 0.444. The lowest BCUT2D eigenvalue weighted by Gasteiger charge is -2.27. The maximum Gasteiger partial charge on any atom is 0.263 e. The number of nitrogens with one attached hydrogen (secondary N) is 2. The minimum Gasteiger partial charge on any atom is -0.494 e. The second kappa shape index (κ2) is 13.8. The molecule has 0 bridgehead atoms. The van der Waals surface area contributed by atoms with Gasteiger partial charge in [0.15, 0.2) is 6.61 Å². The van der Waals surface area contributed by atoms with Gasteiger partial charge in [-0.2, -0.15) is 5.10 Å². The lowest BCUT2D eigenvalue weighted by molar-refractivity contribution is -0.124. The van der Waals surface area contributed by atoms with Crippen molar-refractivity contribution in [3.63, 3.8) is 0 Å². The molecule has 1 aliphatic carbocycles. The average molecular weight is 545 g/mol. The molecule has 1 aliphatic rings. The number of ether oxygens (including phenoxy) is 2. The first-order valence-corrected chi connectivity index (χ1v) is 14.6. The second-order valence-electron chi connectivity index (χ2n) is 9.16. The Morgan fingerprint density at radius 1 is 1.03 bits per heavy atom. The molecular formula is C27H36N4O6S. The maximum atomic E-state index is 12.7. The fourth-order valence-electron chi connectivity index (χ4n) is 4.24. The van der Waals surface area contributed by atoms with Crippen molar-refractivity contribution in [2.75, 3.05) is 23.8 Å². The quantitative estimate of drug-likeness (QED) is 0.312. The number of hydrogen-bond acceptors (Lipinski definition) is 7. The van der Waals surface area contributed by atoms with Crippen LogP contribution in [0.25, 0.3) is 0 Å². The highest BCUT2D eigenvalue weighted by molar-refractivity contribution is 7.92. The van der Waals surface area contributed by atoms with Crippen molar-refractivity contribution in [1.82, 2.24) is 10.7 Å². The van der Waals surface area contributed by atoms with Crippen LogP contribution in [0.2, 0.25) is 0 Å². The average Bonchev–Trinajstić information content (AvgIpc) is 2.89. The highest BCUT2D eigenvalue weighted by Crippen LogP contribution is 2.24. The second-order valence-corrected chi connectivity index (χ2v) is 11.0. The highest BCUT2D eigenvalue weighted by Gasteiger charge is 2.29. The molecule has 0 radical (unpaired) electrons. The number of sulfonamides is 1. The zero-order chi connectivity index (χ0) is 27.5. The number of carbonyl (C=O) groups is 2. The molecule has 0 spiro atoms. The SMILES string of the molecule is CCOc1ccc(N([C@H](C)C(=O)N/N=C\c2ccc(OCC(=O)NC3CCCCC3)cc2)S(C)(=O)=O)cc1. The Bertz CT molecular complexity index is 1190. The summed E-state index contributed by atoms with van der Waals surface area (Å²) < 4.78 is 36.9. The van der Waals surface area contributed by atoms with E-state index in [1.54, 1.807) is 48.5 Å². The zero-order valence-electron chi connectivity index (χ0n) is 22.1. The number of hydrazone groups is 1. The molecule has 3 rings (SSSR count). The summed E-state index contributed by atoms with van der Waals surface area (Å²) in [4.78, 5) is 24.8. The van der Waals surface area contributed by atoms with E-state index in [2.05, 4.69) is 15.8 Å². The molecule has 2 amide bonds. The van der Waals surface area contributed by atoms with Gasteiger partial charge in [-0.05, 0) is 80.8 Å². The van der Waals surface area contributed by atoms with Gasteiger partial charge in [-0.15, -0.1) is 0 Å². The number of rotatable bonds is 12. The molecule has 0 aliphatic heterocycles. The van der Waals surface area contributed by atoms with Crippen LogP contribution in [0.15, 0.2) is 53.6 Å². The third-order valence-electron chi connectivity index (χ3n) is 6.10. The van der Waals surface area contributed by atoms with Crippen LogP contribution in [0.4, 0.5) is 5.69 Å². The van der Waals surface area contributed by atoms with Gasteiger partial charge in [-0.3, -0.25) is 13.9 Å². The van der Waals surface area contributed by atoms with E-state index in [0.29, 0.717) is 29.4 Å². The van der Waals surface area contributed by atoms with Crippen molar-refractivity contribution in [3.8, 4) is 11.5 Å². The molecule has 2 N–H and O–H groups in total. The van der Waals surface area contributed by atoms with E-state index in [1.165, 1.54) is 19.6 Å². The smallest absolute Gasteiger partial charge is 0.263 e. The van der Waals surface area contributed by atoms with Gasteiger partial charge in [0.1, 0.15) is 17.5 Å². The molecule has 10 nitrogen and oxygen atoms in total. The summed E-state index contributed by atoms with van der Waals surface area (Å²) in [6.45, 7) is 3.77. The van der Waals surface area contributed by atoms with E-state index in [0.717, 1.165) is 36.2 Å². The van der Waals surface area contributed by atoms with Crippen molar-refractivity contribution in [1.29, 1.82) is 0 Å². The first-order chi connectivity index (χ1) is 18.2. The van der Waals surface area contributed by atoms with Gasteiger partial charge >= 0.3 is 0 Å². The Balaban J connectivity index is 1.52. The van der Waals surface area contributed by atoms with Crippen molar-refractivity contribution in [3.05, 3.63) is 54.1 Å². The molecule has 11 heteroatoms. The molecule has 0 unspecified atom stereocenters. The van der Waals surface area contributed by atoms with E-state index < -0.39 is 22.0 Å². The van der Waals surface area contributed by atoms with Crippen LogP contribution in [0, 0.1) is 0 Å². The summed E-state index contributed by atoms with van der Waals surface area (Å²) in [5.74, 6) is 0.417. The van der Waals surface area contributed by atoms with Crippen molar-refractivity contribution in [2.45, 2.75) is 58.0 Å². The first-order valence-electron chi connectivity index (χ1n) is 12.7. The Hall–Kier alpha value is -3.60. The lowest BCUT2D eigenvalue weighted by Crippen LogP contribution is -2.46. The summed E-state index contributed by atoms with van der Waals surface area (Å²) in [6.07, 6.45) is 8.03. The third kappa shape index (κ3) is 8.76. The van der Waals surface area contributed by atoms with Crippen LogP contribution in [-0.2, 0) is 19.6 Å². The predicted octanol–water partition coefficient (Wildman–Crippen LogP) is 3.22. The minimum absolute atomic E-state index is 0.0525. The summed E-state index contributed by atoms with van der Waals surface area (Å²) in [5, 5.41) is 6.97. The lowest BCUT2D eigenvalue weighted by atomic mass is 9.95. The van der Waals surface area contributed by atoms with E-state index in [4.69, 9.17) is 9.47 Å². The van der Waals surface area contributed by atoms with Gasteiger partial charge in [0, 0.05) is 6.04 Å². The molecular weight excluding hydrogens is 508 g/mol. The molecule has 0 heterocycles. The molecule has 0 aromatic heterocycles. The number of amides is 2. The van der Waals surface area contributed by atoms with Crippen LogP contribution in [-0.4, -0.2) is 58.0 Å². The molecule has 0 saturated heterocycles. The highest BCUT2D eigenvalue weighted by atomic mass is 32.2. The summed E-state index contributed by atoms with van der Waals surface area (Å²) >= 11 is 0. The Kier molecular flexibility index (Phi) is 10.5. The Morgan fingerprint density at radius 2 is 1.63 bits per heavy atom. The van der Waals surface area contributed by atoms with Crippen molar-refractivity contribution in [2.24, 2.45) is 5.10 Å². The molecule has 2 aromatic rings. The number of carbonyl (C=O) groups excluding carboxylic acids is 2. The van der Waals surface area contributed by atoms with Gasteiger partial charge in [0.2, 0.25) is 10.0 Å². The first kappa shape index (κ1) is 29.0. The number of hydrogen-bond donors (Lipinski definition) is 2. The molecule has 1 fully saturated rings. The van der Waals surface area contributed by atoms with E-state index in [1.807, 2.05) is 6.92 Å². The number of anilines is 1. The normalized spacial score (nSPS) is 15.0. The van der Waals surface area contributed by atoms with Crippen LogP contribution in [0.3, 0.4) is 0 Å². The van der Waals surface area contributed by atoms with E-state index >= 15 is 0 Å². The van der Waals surface area contributed by atoms with Crippen LogP contribution >= 0.6 is 0 Å². The maximum absolute atomic E-state index is 12.7. The van der Waals surface area contributed by atoms with Crippen LogP contribution < -0.4 is 24.5 Å². The van der Waals surface area contributed by atoms with Crippen LogP contribution in [0.5, 0.6) is 11.5 Å². The van der Waals surface area contributed by atoms with Crippen molar-refractivity contribution >= 4 is 33.7 Å². The Morgan fingerprint density at radius 3 is 2.24 bits per heavy atom. The van der Waals surface area contributed by atoms with Gasteiger partial charge in [0.25, 0.3) is 11.8 Å². The van der Waals surface area contributed by atoms with E-state index in [-0.39, 0.29) is 18.6 Å². The fourth-order valence-corrected chi connectivity index (χ4v) is 5.42. The largest absolute Gasteiger partial charge is 0.494 e. The number of benzene rings is 2. The summed E-state index contributed by atoms with van der Waals surface area (Å²) in [6, 6.07) is 12.5. The summed E-state index contributed by atoms with van der Waals surface area (Å²) in [5.41, 5.74) is 3.42. The van der Waals surface area contributed by atoms with Crippen molar-refractivity contribution < 1.29 is 27.5 Å². The standard InChI is InChI=1S/C27H36N4O6S/c1-4-36-24-16-12-23(13-17-24)31(38(3,34)35)20(2)27(33)30-28-18-21-10-14-25(15-11-21)37-19-26(32)29-22-8-6-5-7-9-22/h10-18,20,22H,4-9,19H2,1-3H3,(H,29,32)(H,30,33)/b28-18-/t20-/m1/s1. The topological polar surface area (TPSA) is 126 Å². The van der Waals surface area contributed by atoms with Gasteiger partial charge in [-0.25, -0.2) is 13.8 Å². The van der Waals surface area contributed by atoms with Crippen LogP contribution in [0.1, 0.15) is 51.5 Å². The number of nitrogens with zero attached hydrogens (tertiary/aromatic N) is 2. The molecule has 38 heavy (non-hydrogen) atoms. The monoisotopic (exact) mass is 544 g/mol. The van der Waals surface area contributed by atoms with Gasteiger partial charge in [0.05, 0.1) is 24.8 Å². The van der Waals surface area contributed by atoms with Gasteiger partial charge < -0.3 is 14.8 Å². The molecule has 1 saturated carbocycles.